The lowest BCUT2D eigenvalue weighted by atomic mass is 9.89. The number of rotatable bonds is 3. The second-order valence-electron chi connectivity index (χ2n) is 4.45. The number of nitrogens with zero attached hydrogens (tertiary/aromatic N) is 1. The first-order valence-corrected chi connectivity index (χ1v) is 7.03. The maximum atomic E-state index is 9.97. The van der Waals surface area contributed by atoms with Crippen LogP contribution in [0.1, 0.15) is 35.1 Å². The molecule has 94 valence electrons. The molecule has 1 aliphatic rings. The van der Waals surface area contributed by atoms with E-state index >= 15 is 0 Å². The third kappa shape index (κ3) is 2.26. The van der Waals surface area contributed by atoms with Crippen molar-refractivity contribution in [3.05, 3.63) is 45.9 Å². The van der Waals surface area contributed by atoms with Gasteiger partial charge in [0.1, 0.15) is 17.4 Å². The molecular weight excluding hydrogens is 246 g/mol. The minimum Gasteiger partial charge on any atom is -0.486 e. The largest absolute Gasteiger partial charge is 0.486 e. The Labute approximate surface area is 110 Å². The molecule has 3 nitrogen and oxygen atoms in total. The van der Waals surface area contributed by atoms with Crippen LogP contribution in [0.3, 0.4) is 0 Å². The zero-order valence-electron chi connectivity index (χ0n) is 10.0. The normalized spacial score (nSPS) is 18.4. The SMILES string of the molecule is OC1CCCc2c(OCc3nccs3)cccc21. The Morgan fingerprint density at radius 2 is 2.39 bits per heavy atom. The van der Waals surface area contributed by atoms with E-state index < -0.39 is 0 Å². The van der Waals surface area contributed by atoms with Crippen molar-refractivity contribution in [2.75, 3.05) is 0 Å². The van der Waals surface area contributed by atoms with Crippen LogP contribution in [0.25, 0.3) is 0 Å². The summed E-state index contributed by atoms with van der Waals surface area (Å²) in [4.78, 5) is 4.20. The van der Waals surface area contributed by atoms with Gasteiger partial charge < -0.3 is 9.84 Å². The molecule has 18 heavy (non-hydrogen) atoms. The van der Waals surface area contributed by atoms with E-state index in [1.54, 1.807) is 17.5 Å². The van der Waals surface area contributed by atoms with E-state index in [2.05, 4.69) is 4.98 Å². The molecule has 0 spiro atoms. The number of ether oxygens (including phenoxy) is 1. The standard InChI is InChI=1S/C14H15NO2S/c16-12-5-1-4-11-10(12)3-2-6-13(11)17-9-14-15-7-8-18-14/h2-3,6-8,12,16H,1,4-5,9H2. The van der Waals surface area contributed by atoms with E-state index in [0.29, 0.717) is 6.61 Å². The summed E-state index contributed by atoms with van der Waals surface area (Å²) in [6.07, 6.45) is 4.31. The van der Waals surface area contributed by atoms with Gasteiger partial charge in [0.2, 0.25) is 0 Å². The third-order valence-electron chi connectivity index (χ3n) is 3.27. The first-order valence-electron chi connectivity index (χ1n) is 6.15. The molecule has 0 bridgehead atoms. The fourth-order valence-corrected chi connectivity index (χ4v) is 2.92. The maximum Gasteiger partial charge on any atom is 0.140 e. The van der Waals surface area contributed by atoms with Crippen molar-refractivity contribution in [3.63, 3.8) is 0 Å². The molecule has 1 atom stereocenters. The van der Waals surface area contributed by atoms with Gasteiger partial charge in [-0.25, -0.2) is 4.98 Å². The summed E-state index contributed by atoms with van der Waals surface area (Å²) < 4.78 is 5.83. The van der Waals surface area contributed by atoms with Crippen molar-refractivity contribution in [1.82, 2.24) is 4.98 Å². The van der Waals surface area contributed by atoms with E-state index in [1.807, 2.05) is 23.6 Å². The number of hydrogen-bond donors (Lipinski definition) is 1. The number of fused-ring (bicyclic) bond motifs is 1. The number of aliphatic hydroxyl groups excluding tert-OH is 1. The first-order chi connectivity index (χ1) is 8.84. The molecular formula is C14H15NO2S. The van der Waals surface area contributed by atoms with Crippen molar-refractivity contribution in [1.29, 1.82) is 0 Å². The molecule has 1 heterocycles. The maximum absolute atomic E-state index is 9.97. The van der Waals surface area contributed by atoms with Crippen LogP contribution in [-0.2, 0) is 13.0 Å². The predicted octanol–water partition coefficient (Wildman–Crippen LogP) is 3.09. The molecule has 0 fully saturated rings. The van der Waals surface area contributed by atoms with Crippen LogP contribution in [0.15, 0.2) is 29.8 Å². The lowest BCUT2D eigenvalue weighted by molar-refractivity contribution is 0.155. The smallest absolute Gasteiger partial charge is 0.140 e. The molecule has 3 rings (SSSR count). The molecule has 1 unspecified atom stereocenters. The van der Waals surface area contributed by atoms with E-state index in [4.69, 9.17) is 4.74 Å². The van der Waals surface area contributed by atoms with Crippen LogP contribution >= 0.6 is 11.3 Å². The summed E-state index contributed by atoms with van der Waals surface area (Å²) >= 11 is 1.59. The fraction of sp³-hybridized carbons (Fsp3) is 0.357. The van der Waals surface area contributed by atoms with Gasteiger partial charge in [0.25, 0.3) is 0 Å². The van der Waals surface area contributed by atoms with Gasteiger partial charge in [0, 0.05) is 11.6 Å². The molecule has 4 heteroatoms. The molecule has 0 saturated heterocycles. The quantitative estimate of drug-likeness (QED) is 0.923. The second kappa shape index (κ2) is 5.08. The van der Waals surface area contributed by atoms with Crippen molar-refractivity contribution in [2.45, 2.75) is 32.0 Å². The number of hydrogen-bond acceptors (Lipinski definition) is 4. The van der Waals surface area contributed by atoms with Crippen LogP contribution in [0.5, 0.6) is 5.75 Å². The van der Waals surface area contributed by atoms with Crippen LogP contribution in [0.4, 0.5) is 0 Å². The lowest BCUT2D eigenvalue weighted by Gasteiger charge is -2.23. The van der Waals surface area contributed by atoms with E-state index in [1.165, 1.54) is 0 Å². The molecule has 1 aromatic heterocycles. The Bertz CT molecular complexity index is 525. The Hall–Kier alpha value is -1.39. The average molecular weight is 261 g/mol. The number of aliphatic hydroxyl groups is 1. The predicted molar refractivity (Wildman–Crippen MR) is 70.8 cm³/mol. The monoisotopic (exact) mass is 261 g/mol. The van der Waals surface area contributed by atoms with Crippen LogP contribution < -0.4 is 4.74 Å². The van der Waals surface area contributed by atoms with Crippen molar-refractivity contribution in [2.24, 2.45) is 0 Å². The summed E-state index contributed by atoms with van der Waals surface area (Å²) in [5.74, 6) is 0.890. The highest BCUT2D eigenvalue weighted by Gasteiger charge is 2.20. The number of aromatic nitrogens is 1. The van der Waals surface area contributed by atoms with Gasteiger partial charge in [0.05, 0.1) is 6.10 Å². The van der Waals surface area contributed by atoms with E-state index in [9.17, 15) is 5.11 Å². The van der Waals surface area contributed by atoms with Crippen LogP contribution in [0.2, 0.25) is 0 Å². The Kier molecular flexibility index (Phi) is 3.30. The van der Waals surface area contributed by atoms with Gasteiger partial charge in [-0.2, -0.15) is 0 Å². The molecule has 0 amide bonds. The number of thiazole rings is 1. The molecule has 2 aromatic rings. The van der Waals surface area contributed by atoms with Gasteiger partial charge in [0.15, 0.2) is 0 Å². The highest BCUT2D eigenvalue weighted by molar-refractivity contribution is 7.09. The summed E-state index contributed by atoms with van der Waals surface area (Å²) in [7, 11) is 0. The highest BCUT2D eigenvalue weighted by Crippen LogP contribution is 2.35. The van der Waals surface area contributed by atoms with Crippen LogP contribution in [-0.4, -0.2) is 10.1 Å². The molecule has 0 saturated carbocycles. The fourth-order valence-electron chi connectivity index (χ4n) is 2.39. The summed E-state index contributed by atoms with van der Waals surface area (Å²) in [6, 6.07) is 5.92. The van der Waals surface area contributed by atoms with Crippen molar-refractivity contribution < 1.29 is 9.84 Å². The summed E-state index contributed by atoms with van der Waals surface area (Å²) in [5.41, 5.74) is 2.19. The Morgan fingerprint density at radius 3 is 3.22 bits per heavy atom. The molecule has 1 N–H and O–H groups in total. The van der Waals surface area contributed by atoms with Crippen molar-refractivity contribution >= 4 is 11.3 Å². The van der Waals surface area contributed by atoms with Gasteiger partial charge in [-0.15, -0.1) is 11.3 Å². The molecule has 1 aliphatic carbocycles. The molecule has 0 radical (unpaired) electrons. The third-order valence-corrected chi connectivity index (χ3v) is 4.02. The zero-order valence-corrected chi connectivity index (χ0v) is 10.8. The van der Waals surface area contributed by atoms with Crippen LogP contribution in [0, 0.1) is 0 Å². The Morgan fingerprint density at radius 1 is 1.44 bits per heavy atom. The summed E-state index contributed by atoms with van der Waals surface area (Å²) in [6.45, 7) is 0.504. The van der Waals surface area contributed by atoms with Gasteiger partial charge in [-0.05, 0) is 36.5 Å². The highest BCUT2D eigenvalue weighted by atomic mass is 32.1. The zero-order chi connectivity index (χ0) is 12.4. The summed E-state index contributed by atoms with van der Waals surface area (Å²) in [5, 5.41) is 12.9. The minimum absolute atomic E-state index is 0.336. The average Bonchev–Trinajstić information content (AvgIpc) is 2.90. The van der Waals surface area contributed by atoms with Gasteiger partial charge in [-0.3, -0.25) is 0 Å². The first kappa shape index (κ1) is 11.7. The Balaban J connectivity index is 1.82. The van der Waals surface area contributed by atoms with Gasteiger partial charge >= 0.3 is 0 Å². The molecule has 0 aliphatic heterocycles. The van der Waals surface area contributed by atoms with E-state index in [-0.39, 0.29) is 6.10 Å². The van der Waals surface area contributed by atoms with Gasteiger partial charge in [-0.1, -0.05) is 12.1 Å². The molecule has 1 aromatic carbocycles. The van der Waals surface area contributed by atoms with Crippen molar-refractivity contribution in [3.8, 4) is 5.75 Å². The lowest BCUT2D eigenvalue weighted by Crippen LogP contribution is -2.11. The minimum atomic E-state index is -0.336. The second-order valence-corrected chi connectivity index (χ2v) is 5.43. The topological polar surface area (TPSA) is 42.4 Å². The van der Waals surface area contributed by atoms with E-state index in [0.717, 1.165) is 41.1 Å². The number of benzene rings is 1.